The van der Waals surface area contributed by atoms with Crippen LogP contribution in [-0.2, 0) is 16.8 Å². The van der Waals surface area contributed by atoms with Crippen LogP contribution in [0.1, 0.15) is 39.6 Å². The number of hydrogen-bond acceptors (Lipinski definition) is 1. The number of fused-ring (bicyclic) bond motifs is 1. The normalized spacial score (nSPS) is 14.9. The van der Waals surface area contributed by atoms with Crippen molar-refractivity contribution in [3.05, 3.63) is 102 Å². The van der Waals surface area contributed by atoms with Gasteiger partial charge in [0.2, 0.25) is 0 Å². The Balaban J connectivity index is 0.000000492. The van der Waals surface area contributed by atoms with Gasteiger partial charge in [-0.1, -0.05) is 24.3 Å². The number of allylic oxidation sites excluding steroid dienone is 5. The van der Waals surface area contributed by atoms with Crippen molar-refractivity contribution in [1.82, 2.24) is 3.80 Å². The average molecular weight is 427 g/mol. The van der Waals surface area contributed by atoms with Gasteiger partial charge in [0.25, 0.3) is 0 Å². The van der Waals surface area contributed by atoms with Gasteiger partial charge in [-0.2, -0.15) is 0 Å². The fourth-order valence-electron chi connectivity index (χ4n) is 3.13. The Hall–Kier alpha value is -1.94. The van der Waals surface area contributed by atoms with E-state index in [9.17, 15) is 4.79 Å². The number of carbonyl (C=O) groups excluding carboxylic acids is 1. The zero-order chi connectivity index (χ0) is 19.7. The summed E-state index contributed by atoms with van der Waals surface area (Å²) in [4.78, 5) is 12.4. The zero-order valence-corrected chi connectivity index (χ0v) is 18.2. The van der Waals surface area contributed by atoms with Crippen LogP contribution in [-0.4, -0.2) is 16.9 Å². The summed E-state index contributed by atoms with van der Waals surface area (Å²) in [6.45, 7) is 4.00. The Morgan fingerprint density at radius 3 is 2.11 bits per heavy atom. The molecule has 1 unspecified atom stereocenters. The Bertz CT molecular complexity index is 831. The Labute approximate surface area is 178 Å². The van der Waals surface area contributed by atoms with E-state index < -0.39 is 16.8 Å². The van der Waals surface area contributed by atoms with E-state index in [1.165, 1.54) is 11.1 Å². The van der Waals surface area contributed by atoms with Gasteiger partial charge in [-0.3, -0.25) is 0 Å². The fourth-order valence-corrected chi connectivity index (χ4v) is 7.04. The molecule has 148 valence electrons. The van der Waals surface area contributed by atoms with Crippen LogP contribution in [0.15, 0.2) is 85.0 Å². The van der Waals surface area contributed by atoms with Gasteiger partial charge >= 0.3 is 129 Å². The minimum atomic E-state index is -2.52. The van der Waals surface area contributed by atoms with Gasteiger partial charge in [0.05, 0.1) is 0 Å². The molecular formula is C24H33NOSiTi. The minimum Gasteiger partial charge on any atom is -0.0149 e. The molecule has 0 saturated heterocycles. The second kappa shape index (κ2) is 11.8. The number of carbonyl (C=O) groups is 1. The maximum atomic E-state index is 12.4. The van der Waals surface area contributed by atoms with Crippen LogP contribution in [0.2, 0.25) is 10.5 Å². The van der Waals surface area contributed by atoms with E-state index in [0.29, 0.717) is 4.22 Å². The van der Waals surface area contributed by atoms with Crippen molar-refractivity contribution >= 4 is 22.9 Å². The molecule has 2 aromatic rings. The van der Waals surface area contributed by atoms with Crippen LogP contribution in [0.25, 0.3) is 6.08 Å². The Morgan fingerprint density at radius 2 is 1.50 bits per heavy atom. The Morgan fingerprint density at radius 1 is 0.929 bits per heavy atom. The van der Waals surface area contributed by atoms with Crippen LogP contribution in [0.4, 0.5) is 0 Å². The van der Waals surface area contributed by atoms with E-state index in [4.69, 9.17) is 0 Å². The fraction of sp³-hybridized carbons (Fsp3) is 0.208. The summed E-state index contributed by atoms with van der Waals surface area (Å²) in [7, 11) is 0. The smallest absolute Gasteiger partial charge is 0.0149 e. The average Bonchev–Trinajstić information content (AvgIpc) is 3.12. The van der Waals surface area contributed by atoms with Crippen molar-refractivity contribution in [1.29, 1.82) is 0 Å². The molecule has 0 aromatic heterocycles. The first kappa shape index (κ1) is 24.1. The van der Waals surface area contributed by atoms with Gasteiger partial charge in [-0.25, -0.2) is 0 Å². The molecule has 1 atom stereocenters. The summed E-state index contributed by atoms with van der Waals surface area (Å²) in [6, 6.07) is 17.9. The molecule has 4 heteroatoms. The first-order valence-corrected chi connectivity index (χ1v) is 14.2. The number of rotatable bonds is 4. The van der Waals surface area contributed by atoms with Crippen molar-refractivity contribution < 1.29 is 21.6 Å². The van der Waals surface area contributed by atoms with E-state index in [1.54, 1.807) is 0 Å². The molecule has 0 spiro atoms. The molecule has 0 aliphatic heterocycles. The number of hydrogen-bond donors (Lipinski definition) is 1. The van der Waals surface area contributed by atoms with Crippen molar-refractivity contribution in [3.63, 3.8) is 0 Å². The predicted octanol–water partition coefficient (Wildman–Crippen LogP) is 5.04. The monoisotopic (exact) mass is 427 g/mol. The first-order valence-electron chi connectivity index (χ1n) is 9.38. The van der Waals surface area contributed by atoms with E-state index >= 15 is 0 Å². The van der Waals surface area contributed by atoms with Crippen molar-refractivity contribution in [3.8, 4) is 0 Å². The molecule has 0 radical (unpaired) electrons. The molecule has 0 saturated carbocycles. The summed E-state index contributed by atoms with van der Waals surface area (Å²) < 4.78 is 3.74. The molecule has 2 nitrogen and oxygen atoms in total. The van der Waals surface area contributed by atoms with E-state index in [1.807, 2.05) is 68.5 Å². The van der Waals surface area contributed by atoms with Crippen molar-refractivity contribution in [2.45, 2.75) is 28.5 Å². The van der Waals surface area contributed by atoms with Gasteiger partial charge in [0.1, 0.15) is 0 Å². The SMILES string of the molecule is CC=CC=CC.[CH3][Ti]([CH3])([NH]C(=O)c1ccccc1)[CH]1C=Cc2ccccc21.[SiH4]. The molecule has 1 amide bonds. The van der Waals surface area contributed by atoms with Crippen LogP contribution in [0, 0.1) is 0 Å². The van der Waals surface area contributed by atoms with E-state index in [2.05, 4.69) is 50.7 Å². The molecule has 1 aliphatic carbocycles. The van der Waals surface area contributed by atoms with Gasteiger partial charge in [-0.05, 0) is 24.8 Å². The van der Waals surface area contributed by atoms with Gasteiger partial charge in [0.15, 0.2) is 0 Å². The number of amides is 1. The molecule has 3 rings (SSSR count). The molecule has 28 heavy (non-hydrogen) atoms. The predicted molar refractivity (Wildman–Crippen MR) is 125 cm³/mol. The molecule has 0 heterocycles. The van der Waals surface area contributed by atoms with Gasteiger partial charge < -0.3 is 0 Å². The second-order valence-electron chi connectivity index (χ2n) is 7.06. The van der Waals surface area contributed by atoms with Crippen molar-refractivity contribution in [2.24, 2.45) is 0 Å². The van der Waals surface area contributed by atoms with Gasteiger partial charge in [0, 0.05) is 0 Å². The maximum Gasteiger partial charge on any atom is -0.0149 e. The molecular weight excluding hydrogens is 394 g/mol. The molecule has 0 fully saturated rings. The third-order valence-electron chi connectivity index (χ3n) is 4.54. The Kier molecular flexibility index (Phi) is 10.2. The third-order valence-corrected chi connectivity index (χ3v) is 9.12. The topological polar surface area (TPSA) is 29.1 Å². The largest absolute Gasteiger partial charge is 0.0149 e. The summed E-state index contributed by atoms with van der Waals surface area (Å²) in [5, 5.41) is 4.52. The number of benzene rings is 2. The van der Waals surface area contributed by atoms with Gasteiger partial charge in [-0.15, -0.1) is 0 Å². The van der Waals surface area contributed by atoms with Crippen LogP contribution in [0.5, 0.6) is 0 Å². The van der Waals surface area contributed by atoms with E-state index in [0.717, 1.165) is 5.56 Å². The first-order chi connectivity index (χ1) is 13.0. The minimum absolute atomic E-state index is 0. The number of nitrogens with one attached hydrogen (secondary N) is 1. The standard InChI is InChI=1S/C9H7.C7H7NO.C6H10.2CH3.H4Si.Ti/c1-2-5-9-7-3-6-8(9)4-1;8-7(9)6-4-2-1-3-5-6;1-3-5-6-4-2;;;;/h1-7H;1-5H,(H2,8,9);3-6H,1-2H3;2*1H3;1H4;/q;;;;;;+1/p-1. The van der Waals surface area contributed by atoms with Crippen LogP contribution < -0.4 is 3.80 Å². The van der Waals surface area contributed by atoms with Crippen molar-refractivity contribution in [2.75, 3.05) is 0 Å². The summed E-state index contributed by atoms with van der Waals surface area (Å²) in [5.74, 6) is 0.0541. The summed E-state index contributed by atoms with van der Waals surface area (Å²) in [5.41, 5.74) is 3.39. The molecule has 1 N–H and O–H groups in total. The van der Waals surface area contributed by atoms with Crippen LogP contribution >= 0.6 is 0 Å². The van der Waals surface area contributed by atoms with E-state index in [-0.39, 0.29) is 16.9 Å². The second-order valence-corrected chi connectivity index (χ2v) is 13.8. The zero-order valence-electron chi connectivity index (χ0n) is 16.6. The maximum absolute atomic E-state index is 12.4. The third kappa shape index (κ3) is 6.59. The summed E-state index contributed by atoms with van der Waals surface area (Å²) >= 11 is -2.52. The molecule has 1 aliphatic rings. The summed E-state index contributed by atoms with van der Waals surface area (Å²) in [6.07, 6.45) is 12.4. The van der Waals surface area contributed by atoms with Crippen LogP contribution in [0.3, 0.4) is 0 Å². The quantitative estimate of drug-likeness (QED) is 0.538. The molecule has 0 bridgehead atoms. The molecule has 2 aromatic carbocycles.